The van der Waals surface area contributed by atoms with Crippen molar-refractivity contribution in [2.24, 2.45) is 0 Å². The molecule has 2 aromatic heterocycles. The van der Waals surface area contributed by atoms with Gasteiger partial charge in [-0.05, 0) is 31.2 Å². The van der Waals surface area contributed by atoms with Crippen LogP contribution >= 0.6 is 0 Å². The van der Waals surface area contributed by atoms with Gasteiger partial charge in [-0.3, -0.25) is 19.7 Å². The average molecular weight is 403 g/mol. The van der Waals surface area contributed by atoms with E-state index < -0.39 is 18.0 Å². The minimum atomic E-state index is -1.12. The van der Waals surface area contributed by atoms with Crippen molar-refractivity contribution in [3.05, 3.63) is 82.9 Å². The summed E-state index contributed by atoms with van der Waals surface area (Å²) in [5.74, 6) is -1.19. The number of rotatable bonds is 5. The van der Waals surface area contributed by atoms with Crippen LogP contribution in [0.2, 0.25) is 0 Å². The summed E-state index contributed by atoms with van der Waals surface area (Å²) in [6.45, 7) is 1.42. The van der Waals surface area contributed by atoms with Gasteiger partial charge in [0.05, 0.1) is 22.9 Å². The van der Waals surface area contributed by atoms with E-state index in [0.717, 1.165) is 0 Å². The fourth-order valence-electron chi connectivity index (χ4n) is 2.79. The molecule has 0 bridgehead atoms. The number of hydrogen-bond acceptors (Lipinski definition) is 6. The van der Waals surface area contributed by atoms with Crippen molar-refractivity contribution < 1.29 is 14.3 Å². The molecule has 0 fully saturated rings. The van der Waals surface area contributed by atoms with Crippen molar-refractivity contribution in [2.45, 2.75) is 13.0 Å². The fraction of sp³-hybridized carbons (Fsp3) is 0.0952. The summed E-state index contributed by atoms with van der Waals surface area (Å²) >= 11 is 0. The van der Waals surface area contributed by atoms with E-state index in [-0.39, 0.29) is 17.1 Å². The number of ether oxygens (including phenoxy) is 1. The third kappa shape index (κ3) is 3.95. The molecule has 1 atom stereocenters. The Morgan fingerprint density at radius 1 is 1.07 bits per heavy atom. The number of nitrogens with one attached hydrogen (secondary N) is 2. The third-order valence-electron chi connectivity index (χ3n) is 4.30. The number of anilines is 1. The molecule has 0 spiro atoms. The number of H-pyrrole nitrogens is 1. The van der Waals surface area contributed by atoms with Gasteiger partial charge in [-0.1, -0.05) is 30.3 Å². The molecule has 1 unspecified atom stereocenters. The lowest BCUT2D eigenvalue weighted by atomic mass is 10.3. The van der Waals surface area contributed by atoms with Crippen LogP contribution in [-0.2, 0) is 9.53 Å². The Hall–Kier alpha value is -4.27. The van der Waals surface area contributed by atoms with Crippen LogP contribution in [-0.4, -0.2) is 37.7 Å². The van der Waals surface area contributed by atoms with E-state index in [1.807, 2.05) is 12.1 Å². The number of aromatic nitrogens is 4. The van der Waals surface area contributed by atoms with Crippen molar-refractivity contribution in [3.8, 4) is 5.69 Å². The van der Waals surface area contributed by atoms with E-state index in [1.165, 1.54) is 23.9 Å². The Kier molecular flexibility index (Phi) is 5.08. The highest BCUT2D eigenvalue weighted by molar-refractivity contribution is 5.96. The van der Waals surface area contributed by atoms with Crippen LogP contribution in [0.4, 0.5) is 5.82 Å². The molecule has 9 nitrogen and oxygen atoms in total. The summed E-state index contributed by atoms with van der Waals surface area (Å²) in [5, 5.41) is 5.33. The summed E-state index contributed by atoms with van der Waals surface area (Å²) in [7, 11) is 0. The maximum absolute atomic E-state index is 12.4. The summed E-state index contributed by atoms with van der Waals surface area (Å²) in [5.41, 5.74) is 1.47. The molecule has 0 saturated carbocycles. The van der Waals surface area contributed by atoms with E-state index in [4.69, 9.17) is 4.74 Å². The maximum Gasteiger partial charge on any atom is 0.359 e. The minimum absolute atomic E-state index is 0.00279. The molecule has 4 aromatic rings. The Labute approximate surface area is 170 Å². The number of fused-ring (bicyclic) bond motifs is 1. The molecule has 2 heterocycles. The summed E-state index contributed by atoms with van der Waals surface area (Å²) < 4.78 is 6.48. The molecule has 2 N–H and O–H groups in total. The fourth-order valence-corrected chi connectivity index (χ4v) is 2.79. The summed E-state index contributed by atoms with van der Waals surface area (Å²) in [6, 6.07) is 17.2. The van der Waals surface area contributed by atoms with Crippen molar-refractivity contribution in [3.63, 3.8) is 0 Å². The molecule has 0 radical (unpaired) electrons. The normalized spacial score (nSPS) is 11.8. The summed E-state index contributed by atoms with van der Waals surface area (Å²) in [4.78, 5) is 45.2. The second-order valence-electron chi connectivity index (χ2n) is 6.46. The van der Waals surface area contributed by atoms with Crippen LogP contribution in [0.15, 0.2) is 71.7 Å². The van der Waals surface area contributed by atoms with E-state index in [2.05, 4.69) is 20.4 Å². The lowest BCUT2D eigenvalue weighted by Gasteiger charge is -2.12. The molecule has 9 heteroatoms. The van der Waals surface area contributed by atoms with E-state index >= 15 is 0 Å². The SMILES string of the molecule is CC(OC(=O)c1cnc2ccccc2n1)C(=O)Nc1cc(=O)n(-c2ccccc2)[nH]1. The standard InChI is InChI=1S/C21H17N5O4/c1-13(30-21(29)17-12-22-15-9-5-6-10-16(15)23-17)20(28)24-18-11-19(27)26(25-18)14-7-3-2-4-8-14/h2-13,25H,1H3,(H,24,28). The predicted octanol–water partition coefficient (Wildman–Crippen LogP) is 2.29. The first-order valence-corrected chi connectivity index (χ1v) is 9.12. The van der Waals surface area contributed by atoms with Gasteiger partial charge in [0.25, 0.3) is 11.5 Å². The Morgan fingerprint density at radius 2 is 1.77 bits per heavy atom. The number of nitrogens with zero attached hydrogens (tertiary/aromatic N) is 3. The topological polar surface area (TPSA) is 119 Å². The first-order chi connectivity index (χ1) is 14.5. The number of amides is 1. The molecular weight excluding hydrogens is 386 g/mol. The number of carbonyl (C=O) groups excluding carboxylic acids is 2. The van der Waals surface area contributed by atoms with Crippen LogP contribution in [0.3, 0.4) is 0 Å². The zero-order valence-electron chi connectivity index (χ0n) is 15.9. The zero-order valence-corrected chi connectivity index (χ0v) is 15.9. The highest BCUT2D eigenvalue weighted by Gasteiger charge is 2.21. The number of hydrogen-bond donors (Lipinski definition) is 2. The van der Waals surface area contributed by atoms with Crippen LogP contribution < -0.4 is 10.9 Å². The molecular formula is C21H17N5O4. The molecule has 0 aliphatic carbocycles. The monoisotopic (exact) mass is 403 g/mol. The largest absolute Gasteiger partial charge is 0.448 e. The summed E-state index contributed by atoms with van der Waals surface area (Å²) in [6.07, 6.45) is 0.182. The Balaban J connectivity index is 1.43. The Bertz CT molecular complexity index is 1280. The van der Waals surface area contributed by atoms with Gasteiger partial charge in [0, 0.05) is 6.07 Å². The maximum atomic E-state index is 12.4. The predicted molar refractivity (Wildman–Crippen MR) is 109 cm³/mol. The third-order valence-corrected chi connectivity index (χ3v) is 4.30. The van der Waals surface area contributed by atoms with E-state index in [1.54, 1.807) is 42.5 Å². The van der Waals surface area contributed by atoms with E-state index in [9.17, 15) is 14.4 Å². The van der Waals surface area contributed by atoms with Crippen molar-refractivity contribution in [1.29, 1.82) is 0 Å². The zero-order chi connectivity index (χ0) is 21.1. The lowest BCUT2D eigenvalue weighted by molar-refractivity contribution is -0.123. The van der Waals surface area contributed by atoms with Gasteiger partial charge >= 0.3 is 5.97 Å². The number of aromatic amines is 1. The van der Waals surface area contributed by atoms with Gasteiger partial charge < -0.3 is 10.1 Å². The van der Waals surface area contributed by atoms with Crippen LogP contribution in [0.1, 0.15) is 17.4 Å². The second kappa shape index (κ2) is 8.00. The Morgan fingerprint density at radius 3 is 2.53 bits per heavy atom. The van der Waals surface area contributed by atoms with Gasteiger partial charge in [0.2, 0.25) is 0 Å². The highest BCUT2D eigenvalue weighted by Crippen LogP contribution is 2.11. The van der Waals surface area contributed by atoms with Crippen molar-refractivity contribution in [1.82, 2.24) is 19.7 Å². The van der Waals surface area contributed by atoms with Crippen LogP contribution in [0.25, 0.3) is 16.7 Å². The second-order valence-corrected chi connectivity index (χ2v) is 6.46. The molecule has 1 amide bonds. The lowest BCUT2D eigenvalue weighted by Crippen LogP contribution is -2.30. The van der Waals surface area contributed by atoms with Gasteiger partial charge in [-0.25, -0.2) is 14.5 Å². The van der Waals surface area contributed by atoms with Gasteiger partial charge in [0.15, 0.2) is 11.8 Å². The average Bonchev–Trinajstić information content (AvgIpc) is 3.13. The molecule has 2 aromatic carbocycles. The van der Waals surface area contributed by atoms with Gasteiger partial charge in [0.1, 0.15) is 5.82 Å². The minimum Gasteiger partial charge on any atom is -0.448 e. The van der Waals surface area contributed by atoms with Gasteiger partial charge in [-0.15, -0.1) is 0 Å². The molecule has 4 rings (SSSR count). The van der Waals surface area contributed by atoms with Crippen LogP contribution in [0.5, 0.6) is 0 Å². The smallest absolute Gasteiger partial charge is 0.359 e. The number of para-hydroxylation sites is 3. The van der Waals surface area contributed by atoms with E-state index in [0.29, 0.717) is 16.7 Å². The molecule has 0 aliphatic rings. The molecule has 150 valence electrons. The molecule has 0 aliphatic heterocycles. The molecule has 0 saturated heterocycles. The highest BCUT2D eigenvalue weighted by atomic mass is 16.5. The number of esters is 1. The first-order valence-electron chi connectivity index (χ1n) is 9.12. The number of benzene rings is 2. The van der Waals surface area contributed by atoms with Gasteiger partial charge in [-0.2, -0.15) is 0 Å². The van der Waals surface area contributed by atoms with Crippen molar-refractivity contribution in [2.75, 3.05) is 5.32 Å². The number of carbonyl (C=O) groups is 2. The first kappa shape index (κ1) is 19.1. The van der Waals surface area contributed by atoms with Crippen molar-refractivity contribution >= 4 is 28.7 Å². The van der Waals surface area contributed by atoms with Crippen LogP contribution in [0, 0.1) is 0 Å². The quantitative estimate of drug-likeness (QED) is 0.494. The molecule has 30 heavy (non-hydrogen) atoms.